The third-order valence-corrected chi connectivity index (χ3v) is 6.95. The molecule has 44 heavy (non-hydrogen) atoms. The summed E-state index contributed by atoms with van der Waals surface area (Å²) in [6.07, 6.45) is -0.414. The summed E-state index contributed by atoms with van der Waals surface area (Å²) >= 11 is 0. The third-order valence-electron chi connectivity index (χ3n) is 6.95. The van der Waals surface area contributed by atoms with Crippen LogP contribution in [0.25, 0.3) is 0 Å². The minimum atomic E-state index is -2.88. The Morgan fingerprint density at radius 2 is 1.14 bits per heavy atom. The summed E-state index contributed by atoms with van der Waals surface area (Å²) in [5, 5.41) is 13.9. The van der Waals surface area contributed by atoms with E-state index >= 15 is 0 Å². The minimum Gasteiger partial charge on any atom is -0.480 e. The van der Waals surface area contributed by atoms with Gasteiger partial charge in [-0.2, -0.15) is 0 Å². The van der Waals surface area contributed by atoms with E-state index in [4.69, 9.17) is 14.2 Å². The molecule has 2 fully saturated rings. The molecule has 0 radical (unpaired) electrons. The Morgan fingerprint density at radius 1 is 0.750 bits per heavy atom. The number of carbonyl (C=O) groups is 4. The average molecular weight is 643 g/mol. The van der Waals surface area contributed by atoms with Crippen molar-refractivity contribution in [1.82, 2.24) is 10.6 Å². The fraction of sp³-hybridized carbons (Fsp3) is 0.867. The number of rotatable bonds is 7. The molecule has 2 saturated carbocycles. The lowest BCUT2D eigenvalue weighted by Crippen LogP contribution is -2.49. The van der Waals surface area contributed by atoms with Crippen molar-refractivity contribution in [3.05, 3.63) is 0 Å². The van der Waals surface area contributed by atoms with E-state index in [-0.39, 0.29) is 19.4 Å². The summed E-state index contributed by atoms with van der Waals surface area (Å²) in [6.45, 7) is 11.7. The molecule has 0 aromatic heterocycles. The van der Waals surface area contributed by atoms with Crippen LogP contribution in [0, 0.1) is 11.8 Å². The van der Waals surface area contributed by atoms with Gasteiger partial charge in [0.05, 0.1) is 6.61 Å². The number of carboxylic acids is 1. The van der Waals surface area contributed by atoms with Gasteiger partial charge in [0, 0.05) is 25.7 Å². The Morgan fingerprint density at radius 3 is 1.50 bits per heavy atom. The van der Waals surface area contributed by atoms with Gasteiger partial charge in [0.2, 0.25) is 11.8 Å². The number of hydrogen-bond donors (Lipinski definition) is 3. The monoisotopic (exact) mass is 642 g/mol. The zero-order valence-electron chi connectivity index (χ0n) is 26.9. The van der Waals surface area contributed by atoms with E-state index in [1.54, 1.807) is 48.5 Å². The van der Waals surface area contributed by atoms with Crippen molar-refractivity contribution in [3.8, 4) is 0 Å². The second-order valence-corrected chi connectivity index (χ2v) is 13.5. The van der Waals surface area contributed by atoms with Gasteiger partial charge in [0.1, 0.15) is 23.3 Å². The number of halogens is 4. The number of carbonyl (C=O) groups excluding carboxylic acids is 3. The van der Waals surface area contributed by atoms with Crippen molar-refractivity contribution in [2.75, 3.05) is 6.61 Å². The highest BCUT2D eigenvalue weighted by molar-refractivity contribution is 5.82. The number of alkyl halides is 4. The molecule has 14 heteroatoms. The number of aliphatic carboxylic acids is 1. The van der Waals surface area contributed by atoms with Crippen molar-refractivity contribution >= 4 is 24.1 Å². The maximum atomic E-state index is 13.8. The van der Waals surface area contributed by atoms with Gasteiger partial charge in [-0.3, -0.25) is 0 Å². The maximum absolute atomic E-state index is 13.8. The van der Waals surface area contributed by atoms with E-state index in [0.29, 0.717) is 38.5 Å². The zero-order valence-corrected chi connectivity index (χ0v) is 26.9. The highest BCUT2D eigenvalue weighted by Gasteiger charge is 2.42. The zero-order chi connectivity index (χ0) is 33.9. The van der Waals surface area contributed by atoms with Crippen molar-refractivity contribution < 1.29 is 56.1 Å². The lowest BCUT2D eigenvalue weighted by Gasteiger charge is -2.28. The van der Waals surface area contributed by atoms with Gasteiger partial charge in [-0.25, -0.2) is 36.7 Å². The Kier molecular flexibility index (Phi) is 14.7. The molecule has 0 spiro atoms. The van der Waals surface area contributed by atoms with Crippen LogP contribution in [-0.2, 0) is 23.8 Å². The third kappa shape index (κ3) is 15.8. The van der Waals surface area contributed by atoms with Crippen molar-refractivity contribution in [2.45, 2.75) is 148 Å². The largest absolute Gasteiger partial charge is 0.480 e. The summed E-state index contributed by atoms with van der Waals surface area (Å²) in [5.74, 6) is -9.19. The molecule has 2 aliphatic carbocycles. The van der Waals surface area contributed by atoms with Gasteiger partial charge in [-0.15, -0.1) is 0 Å². The predicted molar refractivity (Wildman–Crippen MR) is 154 cm³/mol. The van der Waals surface area contributed by atoms with Gasteiger partial charge in [-0.05, 0) is 86.0 Å². The van der Waals surface area contributed by atoms with Crippen LogP contribution in [0.3, 0.4) is 0 Å². The van der Waals surface area contributed by atoms with Crippen LogP contribution in [0.1, 0.15) is 113 Å². The number of ether oxygens (including phenoxy) is 3. The average Bonchev–Trinajstić information content (AvgIpc) is 3.12. The molecule has 2 aliphatic rings. The highest BCUT2D eigenvalue weighted by atomic mass is 19.3. The summed E-state index contributed by atoms with van der Waals surface area (Å²) in [6, 6.07) is -2.47. The molecule has 256 valence electrons. The van der Waals surface area contributed by atoms with Gasteiger partial charge < -0.3 is 30.0 Å². The van der Waals surface area contributed by atoms with Gasteiger partial charge in [-0.1, -0.05) is 12.8 Å². The molecule has 10 nitrogen and oxygen atoms in total. The van der Waals surface area contributed by atoms with Crippen LogP contribution in [0.4, 0.5) is 27.2 Å². The summed E-state index contributed by atoms with van der Waals surface area (Å²) in [4.78, 5) is 47.1. The predicted octanol–water partition coefficient (Wildman–Crippen LogP) is 6.84. The quantitative estimate of drug-likeness (QED) is 0.119. The Hall–Kier alpha value is -2.80. The maximum Gasteiger partial charge on any atom is 0.408 e. The van der Waals surface area contributed by atoms with E-state index in [1.165, 1.54) is 0 Å². The Labute approximate surface area is 257 Å². The van der Waals surface area contributed by atoms with E-state index in [0.717, 1.165) is 0 Å². The Bertz CT molecular complexity index is 966. The Balaban J connectivity index is 0.000000442. The molecule has 0 aromatic carbocycles. The fourth-order valence-corrected chi connectivity index (χ4v) is 5.18. The minimum absolute atomic E-state index is 0.119. The normalized spacial score (nSPS) is 23.2. The van der Waals surface area contributed by atoms with Gasteiger partial charge in [0.15, 0.2) is 0 Å². The van der Waals surface area contributed by atoms with Crippen molar-refractivity contribution in [3.63, 3.8) is 0 Å². The van der Waals surface area contributed by atoms with Crippen LogP contribution in [0.15, 0.2) is 0 Å². The second-order valence-electron chi connectivity index (χ2n) is 13.5. The highest BCUT2D eigenvalue weighted by Crippen LogP contribution is 2.38. The second kappa shape index (κ2) is 16.5. The first kappa shape index (κ1) is 39.2. The van der Waals surface area contributed by atoms with Crippen LogP contribution in [0.5, 0.6) is 0 Å². The topological polar surface area (TPSA) is 140 Å². The molecule has 2 rings (SSSR count). The molecular formula is C30H50F4N2O8. The molecule has 0 aromatic rings. The molecule has 0 saturated heterocycles. The fourth-order valence-electron chi connectivity index (χ4n) is 5.18. The lowest BCUT2D eigenvalue weighted by molar-refractivity contribution is -0.148. The standard InChI is InChI=1S/C16H27F2NO4.C14H23F2NO4/c1-5-22-13(20)12(19-14(21)23-15(2,3)4)11-8-6-7-9-16(17,18)10-11;1-13(2,3)21-12(20)17-10(11(18)19)9-6-4-5-7-14(15,16)8-9/h11-12H,5-10H2,1-4H3,(H,19,21);9-10H,4-8H2,1-3H3,(H,17,20)(H,18,19)/t11-,12-;9-,10-/m00/s1. The number of carboxylic acid groups (broad SMARTS) is 1. The molecule has 0 unspecified atom stereocenters. The molecule has 0 bridgehead atoms. The molecule has 4 atom stereocenters. The van der Waals surface area contributed by atoms with Crippen LogP contribution < -0.4 is 10.6 Å². The van der Waals surface area contributed by atoms with E-state index in [9.17, 15) is 41.8 Å². The van der Waals surface area contributed by atoms with E-state index in [1.807, 2.05) is 0 Å². The molecular weight excluding hydrogens is 592 g/mol. The van der Waals surface area contributed by atoms with Crippen molar-refractivity contribution in [1.29, 1.82) is 0 Å². The molecule has 0 heterocycles. The number of amides is 2. The first-order chi connectivity index (χ1) is 20.0. The van der Waals surface area contributed by atoms with Crippen molar-refractivity contribution in [2.24, 2.45) is 11.8 Å². The number of alkyl carbamates (subject to hydrolysis) is 2. The number of nitrogens with one attached hydrogen (secondary N) is 2. The molecule has 2 amide bonds. The SMILES string of the molecule is CC(C)(C)OC(=O)N[C@H](C(=O)O)[C@H]1CCCCC(F)(F)C1.CCOC(=O)[C@@H](NC(=O)OC(C)(C)C)[C@H]1CCCCC(F)(F)C1. The smallest absolute Gasteiger partial charge is 0.408 e. The van der Waals surface area contributed by atoms with Gasteiger partial charge in [0.25, 0.3) is 0 Å². The van der Waals surface area contributed by atoms with E-state index in [2.05, 4.69) is 10.6 Å². The molecule has 3 N–H and O–H groups in total. The first-order valence-electron chi connectivity index (χ1n) is 15.2. The number of esters is 1. The lowest BCUT2D eigenvalue weighted by atomic mass is 9.90. The summed E-state index contributed by atoms with van der Waals surface area (Å²) < 4.78 is 70.0. The van der Waals surface area contributed by atoms with E-state index < -0.39 is 83.9 Å². The summed E-state index contributed by atoms with van der Waals surface area (Å²) in [5.41, 5.74) is -1.52. The number of hydrogen-bond acceptors (Lipinski definition) is 7. The summed E-state index contributed by atoms with van der Waals surface area (Å²) in [7, 11) is 0. The van der Waals surface area contributed by atoms with Crippen LogP contribution >= 0.6 is 0 Å². The van der Waals surface area contributed by atoms with Crippen LogP contribution in [-0.4, -0.2) is 71.0 Å². The van der Waals surface area contributed by atoms with Crippen LogP contribution in [0.2, 0.25) is 0 Å². The molecule has 0 aliphatic heterocycles. The van der Waals surface area contributed by atoms with Gasteiger partial charge >= 0.3 is 24.1 Å². The first-order valence-corrected chi connectivity index (χ1v) is 15.2.